The topological polar surface area (TPSA) is 179 Å². The van der Waals surface area contributed by atoms with E-state index in [1.54, 1.807) is 6.20 Å². The van der Waals surface area contributed by atoms with Crippen LogP contribution in [0.2, 0.25) is 0 Å². The fraction of sp³-hybridized carbons (Fsp3) is 0.611. The van der Waals surface area contributed by atoms with Gasteiger partial charge in [0.2, 0.25) is 17.7 Å². The Labute approximate surface area is 189 Å². The molecule has 0 saturated carbocycles. The number of nitrogens with two attached hydrogens (primary N) is 1. The Bertz CT molecular complexity index is 718. The molecule has 0 bridgehead atoms. The van der Waals surface area contributed by atoms with Crippen molar-refractivity contribution in [2.75, 3.05) is 30.6 Å². The van der Waals surface area contributed by atoms with E-state index in [9.17, 15) is 24.3 Å². The summed E-state index contributed by atoms with van der Waals surface area (Å²) in [6.07, 6.45) is 7.61. The molecular weight excluding hydrogens is 444 g/mol. The first-order valence-corrected chi connectivity index (χ1v) is 12.4. The summed E-state index contributed by atoms with van der Waals surface area (Å²) in [5.74, 6) is -1.61. The monoisotopic (exact) mass is 474 g/mol. The van der Waals surface area contributed by atoms with Crippen molar-refractivity contribution in [1.82, 2.24) is 25.9 Å². The summed E-state index contributed by atoms with van der Waals surface area (Å²) < 4.78 is 0. The zero-order valence-corrected chi connectivity index (χ0v) is 19.2. The van der Waals surface area contributed by atoms with Crippen molar-refractivity contribution < 1.29 is 24.3 Å². The van der Waals surface area contributed by atoms with Crippen LogP contribution in [0.3, 0.4) is 0 Å². The zero-order valence-electron chi connectivity index (χ0n) is 17.6. The van der Waals surface area contributed by atoms with Gasteiger partial charge in [0.1, 0.15) is 12.1 Å². The molecule has 0 spiro atoms. The Morgan fingerprint density at radius 1 is 1.10 bits per heavy atom. The van der Waals surface area contributed by atoms with Crippen LogP contribution in [0.25, 0.3) is 0 Å². The van der Waals surface area contributed by atoms with Crippen molar-refractivity contribution in [2.45, 2.75) is 37.4 Å². The van der Waals surface area contributed by atoms with E-state index in [2.05, 4.69) is 25.9 Å². The highest BCUT2D eigenvalue weighted by atomic mass is 32.2. The van der Waals surface area contributed by atoms with Crippen molar-refractivity contribution >= 4 is 47.2 Å². The number of thioether (sulfide) groups is 2. The molecule has 0 aromatic carbocycles. The minimum atomic E-state index is -1.13. The Kier molecular flexibility index (Phi) is 12.7. The van der Waals surface area contributed by atoms with E-state index in [1.807, 2.05) is 12.5 Å². The van der Waals surface area contributed by atoms with Gasteiger partial charge in [0, 0.05) is 18.3 Å². The van der Waals surface area contributed by atoms with Crippen LogP contribution in [0, 0.1) is 0 Å². The highest BCUT2D eigenvalue weighted by Crippen LogP contribution is 2.04. The predicted molar refractivity (Wildman–Crippen MR) is 121 cm³/mol. The second-order valence-corrected chi connectivity index (χ2v) is 8.66. The number of nitrogens with one attached hydrogen (secondary N) is 4. The maximum absolute atomic E-state index is 12.5. The maximum atomic E-state index is 12.5. The number of amides is 3. The SMILES string of the molecule is CSCCC(NC(=O)CNC(=O)C(CCSC)NC(=O)C(N)Cc1cnc[nH]1)C(=O)O. The minimum Gasteiger partial charge on any atom is -0.480 e. The quantitative estimate of drug-likeness (QED) is 0.185. The number of carbonyl (C=O) groups is 4. The first-order valence-electron chi connectivity index (χ1n) is 9.59. The molecule has 3 amide bonds. The van der Waals surface area contributed by atoms with Crippen LogP contribution < -0.4 is 21.7 Å². The lowest BCUT2D eigenvalue weighted by Crippen LogP contribution is -2.54. The molecule has 3 unspecified atom stereocenters. The number of carbonyl (C=O) groups excluding carboxylic acids is 3. The highest BCUT2D eigenvalue weighted by molar-refractivity contribution is 7.98. The summed E-state index contributed by atoms with van der Waals surface area (Å²) in [5.41, 5.74) is 6.61. The van der Waals surface area contributed by atoms with Gasteiger partial charge in [-0.15, -0.1) is 0 Å². The molecule has 13 heteroatoms. The number of hydrogen-bond donors (Lipinski definition) is 6. The van der Waals surface area contributed by atoms with Crippen LogP contribution in [0.5, 0.6) is 0 Å². The molecular formula is C18H30N6O5S2. The molecule has 0 radical (unpaired) electrons. The second-order valence-electron chi connectivity index (χ2n) is 6.69. The van der Waals surface area contributed by atoms with Crippen molar-refractivity contribution in [1.29, 1.82) is 0 Å². The van der Waals surface area contributed by atoms with Gasteiger partial charge in [-0.1, -0.05) is 0 Å². The van der Waals surface area contributed by atoms with Crippen LogP contribution in [0.4, 0.5) is 0 Å². The molecule has 0 saturated heterocycles. The summed E-state index contributed by atoms with van der Waals surface area (Å²) >= 11 is 2.98. The van der Waals surface area contributed by atoms with Gasteiger partial charge >= 0.3 is 5.97 Å². The molecule has 7 N–H and O–H groups in total. The normalized spacial score (nSPS) is 13.6. The van der Waals surface area contributed by atoms with E-state index in [1.165, 1.54) is 29.9 Å². The van der Waals surface area contributed by atoms with Gasteiger partial charge in [-0.25, -0.2) is 9.78 Å². The number of nitrogens with zero attached hydrogens (tertiary/aromatic N) is 1. The van der Waals surface area contributed by atoms with Crippen LogP contribution in [0.1, 0.15) is 18.5 Å². The molecule has 0 fully saturated rings. The van der Waals surface area contributed by atoms with E-state index in [4.69, 9.17) is 5.73 Å². The number of carboxylic acids is 1. The zero-order chi connectivity index (χ0) is 23.2. The van der Waals surface area contributed by atoms with Gasteiger partial charge in [0.05, 0.1) is 18.9 Å². The summed E-state index contributed by atoms with van der Waals surface area (Å²) in [5, 5.41) is 16.6. The first kappa shape index (κ1) is 26.8. The summed E-state index contributed by atoms with van der Waals surface area (Å²) in [7, 11) is 0. The second kappa shape index (κ2) is 14.7. The van der Waals surface area contributed by atoms with Gasteiger partial charge in [-0.2, -0.15) is 23.5 Å². The van der Waals surface area contributed by atoms with E-state index in [-0.39, 0.29) is 12.8 Å². The molecule has 0 aliphatic rings. The largest absolute Gasteiger partial charge is 0.480 e. The van der Waals surface area contributed by atoms with Crippen molar-refractivity contribution in [3.8, 4) is 0 Å². The van der Waals surface area contributed by atoms with Crippen molar-refractivity contribution in [2.24, 2.45) is 5.73 Å². The molecule has 11 nitrogen and oxygen atoms in total. The molecule has 1 aromatic heterocycles. The van der Waals surface area contributed by atoms with Crippen molar-refractivity contribution in [3.63, 3.8) is 0 Å². The molecule has 31 heavy (non-hydrogen) atoms. The van der Waals surface area contributed by atoms with E-state index in [0.717, 1.165) is 0 Å². The number of aliphatic carboxylic acids is 1. The van der Waals surface area contributed by atoms with Crippen LogP contribution in [-0.2, 0) is 25.6 Å². The molecule has 174 valence electrons. The Hall–Kier alpha value is -2.25. The number of aromatic nitrogens is 2. The number of imidazole rings is 1. The maximum Gasteiger partial charge on any atom is 0.326 e. The molecule has 1 rings (SSSR count). The number of aromatic amines is 1. The number of hydrogen-bond acceptors (Lipinski definition) is 8. The van der Waals surface area contributed by atoms with Gasteiger partial charge < -0.3 is 31.8 Å². The average molecular weight is 475 g/mol. The smallest absolute Gasteiger partial charge is 0.326 e. The lowest BCUT2D eigenvalue weighted by atomic mass is 10.1. The third-order valence-electron chi connectivity index (χ3n) is 4.24. The van der Waals surface area contributed by atoms with Crippen LogP contribution >= 0.6 is 23.5 Å². The van der Waals surface area contributed by atoms with Crippen LogP contribution in [-0.4, -0.2) is 87.5 Å². The first-order chi connectivity index (χ1) is 14.8. The van der Waals surface area contributed by atoms with Crippen LogP contribution in [0.15, 0.2) is 12.5 Å². The molecule has 0 aliphatic carbocycles. The van der Waals surface area contributed by atoms with Gasteiger partial charge in [-0.3, -0.25) is 14.4 Å². The van der Waals surface area contributed by atoms with Gasteiger partial charge in [0.25, 0.3) is 0 Å². The average Bonchev–Trinajstić information content (AvgIpc) is 3.24. The number of rotatable bonds is 15. The van der Waals surface area contributed by atoms with Gasteiger partial charge in [-0.05, 0) is 36.9 Å². The third-order valence-corrected chi connectivity index (χ3v) is 5.53. The third kappa shape index (κ3) is 10.6. The fourth-order valence-corrected chi connectivity index (χ4v) is 3.48. The Balaban J connectivity index is 2.59. The number of carboxylic acid groups (broad SMARTS) is 1. The molecule has 1 heterocycles. The predicted octanol–water partition coefficient (Wildman–Crippen LogP) is -1.04. The summed E-state index contributed by atoms with van der Waals surface area (Å²) in [4.78, 5) is 54.9. The molecule has 3 atom stereocenters. The Morgan fingerprint density at radius 3 is 2.29 bits per heavy atom. The fourth-order valence-electron chi connectivity index (χ4n) is 2.54. The van der Waals surface area contributed by atoms with Gasteiger partial charge in [0.15, 0.2) is 0 Å². The molecule has 0 aliphatic heterocycles. The van der Waals surface area contributed by atoms with E-state index >= 15 is 0 Å². The van der Waals surface area contributed by atoms with E-state index in [0.29, 0.717) is 23.6 Å². The lowest BCUT2D eigenvalue weighted by Gasteiger charge is -2.20. The van der Waals surface area contributed by atoms with E-state index < -0.39 is 48.4 Å². The Morgan fingerprint density at radius 2 is 1.74 bits per heavy atom. The number of H-pyrrole nitrogens is 1. The lowest BCUT2D eigenvalue weighted by molar-refractivity contribution is -0.141. The standard InChI is InChI=1S/C18H30N6O5S2/c1-30-5-3-13(24-16(26)12(19)7-11-8-20-10-22-11)17(27)21-9-15(25)23-14(18(28)29)4-6-31-2/h8,10,12-14H,3-7,9,19H2,1-2H3,(H,20,22)(H,21,27)(H,23,25)(H,24,26)(H,28,29). The minimum absolute atomic E-state index is 0.234. The highest BCUT2D eigenvalue weighted by Gasteiger charge is 2.25. The summed E-state index contributed by atoms with van der Waals surface area (Å²) in [6, 6.07) is -2.77. The summed E-state index contributed by atoms with van der Waals surface area (Å²) in [6.45, 7) is -0.395. The molecule has 1 aromatic rings. The van der Waals surface area contributed by atoms with Crippen molar-refractivity contribution in [3.05, 3.63) is 18.2 Å².